The molecule has 0 aliphatic carbocycles. The van der Waals surface area contributed by atoms with Gasteiger partial charge in [0.2, 0.25) is 0 Å². The summed E-state index contributed by atoms with van der Waals surface area (Å²) in [6.45, 7) is 0. The Morgan fingerprint density at radius 3 is 2.44 bits per heavy atom. The van der Waals surface area contributed by atoms with Crippen LogP contribution >= 0.6 is 22.3 Å². The van der Waals surface area contributed by atoms with Gasteiger partial charge in [-0.1, -0.05) is 11.6 Å². The molecule has 0 amide bonds. The predicted molar refractivity (Wildman–Crippen MR) is 55.8 cm³/mol. The number of benzene rings is 1. The van der Waals surface area contributed by atoms with Crippen molar-refractivity contribution in [3.63, 3.8) is 0 Å². The Balaban J connectivity index is 3.52. The van der Waals surface area contributed by atoms with Crippen molar-refractivity contribution in [1.82, 2.24) is 0 Å². The summed E-state index contributed by atoms with van der Waals surface area (Å²) in [5.41, 5.74) is -0.201. The Morgan fingerprint density at radius 2 is 2.00 bits per heavy atom. The van der Waals surface area contributed by atoms with E-state index >= 15 is 0 Å². The maximum Gasteiger partial charge on any atom is 0.337 e. The summed E-state index contributed by atoms with van der Waals surface area (Å²) in [6, 6.07) is 1.71. The molecule has 0 bridgehead atoms. The van der Waals surface area contributed by atoms with Crippen molar-refractivity contribution in [2.75, 3.05) is 7.11 Å². The quantitative estimate of drug-likeness (QED) is 0.618. The molecule has 4 nitrogen and oxygen atoms in total. The zero-order chi connectivity index (χ0) is 12.5. The summed E-state index contributed by atoms with van der Waals surface area (Å²) < 4.78 is 39.6. The van der Waals surface area contributed by atoms with E-state index in [4.69, 9.17) is 22.3 Å². The first-order valence-corrected chi connectivity index (χ1v) is 6.48. The van der Waals surface area contributed by atoms with E-state index in [1.807, 2.05) is 0 Å². The lowest BCUT2D eigenvalue weighted by Crippen LogP contribution is -2.05. The van der Waals surface area contributed by atoms with Crippen molar-refractivity contribution < 1.29 is 22.3 Å². The third-order valence-electron chi connectivity index (χ3n) is 1.68. The van der Waals surface area contributed by atoms with Gasteiger partial charge in [0.15, 0.2) is 5.82 Å². The molecule has 1 aromatic carbocycles. The molecule has 0 atom stereocenters. The minimum absolute atomic E-state index is 0.201. The van der Waals surface area contributed by atoms with Crippen LogP contribution in [0.1, 0.15) is 10.4 Å². The van der Waals surface area contributed by atoms with Crippen molar-refractivity contribution in [2.45, 2.75) is 4.90 Å². The molecule has 0 N–H and O–H groups in total. The molecule has 0 radical (unpaired) electrons. The molecule has 0 aliphatic rings. The average molecular weight is 287 g/mol. The van der Waals surface area contributed by atoms with Crippen molar-refractivity contribution in [2.24, 2.45) is 0 Å². The minimum atomic E-state index is -4.32. The summed E-state index contributed by atoms with van der Waals surface area (Å²) in [5.74, 6) is -2.05. The molecule has 0 spiro atoms. The lowest BCUT2D eigenvalue weighted by atomic mass is 10.2. The third-order valence-corrected chi connectivity index (χ3v) is 3.27. The van der Waals surface area contributed by atoms with Crippen LogP contribution in [0.3, 0.4) is 0 Å². The van der Waals surface area contributed by atoms with Crippen LogP contribution in [-0.2, 0) is 13.8 Å². The van der Waals surface area contributed by atoms with E-state index in [1.54, 1.807) is 0 Å². The van der Waals surface area contributed by atoms with E-state index in [-0.39, 0.29) is 5.56 Å². The van der Waals surface area contributed by atoms with Gasteiger partial charge in [-0.2, -0.15) is 0 Å². The first-order valence-electron chi connectivity index (χ1n) is 3.79. The molecule has 1 aromatic rings. The average Bonchev–Trinajstić information content (AvgIpc) is 2.18. The predicted octanol–water partition coefficient (Wildman–Crippen LogP) is 2.19. The fraction of sp³-hybridized carbons (Fsp3) is 0.125. The molecule has 0 aliphatic heterocycles. The van der Waals surface area contributed by atoms with E-state index in [9.17, 15) is 17.6 Å². The summed E-state index contributed by atoms with van der Waals surface area (Å²) in [5, 5.41) is -0.526. The highest BCUT2D eigenvalue weighted by atomic mass is 35.7. The first-order chi connectivity index (χ1) is 7.27. The topological polar surface area (TPSA) is 60.4 Å². The van der Waals surface area contributed by atoms with Crippen LogP contribution in [0.15, 0.2) is 17.0 Å². The maximum absolute atomic E-state index is 13.3. The highest BCUT2D eigenvalue weighted by Crippen LogP contribution is 2.27. The molecule has 0 saturated heterocycles. The van der Waals surface area contributed by atoms with E-state index in [0.717, 1.165) is 19.2 Å². The molecule has 16 heavy (non-hydrogen) atoms. The Labute approximate surface area is 100 Å². The Morgan fingerprint density at radius 1 is 1.44 bits per heavy atom. The number of hydrogen-bond donors (Lipinski definition) is 0. The van der Waals surface area contributed by atoms with Gasteiger partial charge < -0.3 is 4.74 Å². The summed E-state index contributed by atoms with van der Waals surface area (Å²) in [6.07, 6.45) is 0. The Kier molecular flexibility index (Phi) is 3.77. The fourth-order valence-corrected chi connectivity index (χ4v) is 2.18. The van der Waals surface area contributed by atoms with E-state index in [2.05, 4.69) is 4.74 Å². The summed E-state index contributed by atoms with van der Waals surface area (Å²) in [4.78, 5) is 10.3. The zero-order valence-corrected chi connectivity index (χ0v) is 10.2. The van der Waals surface area contributed by atoms with E-state index < -0.39 is 30.8 Å². The summed E-state index contributed by atoms with van der Waals surface area (Å²) >= 11 is 5.42. The maximum atomic E-state index is 13.3. The highest BCUT2D eigenvalue weighted by Gasteiger charge is 2.22. The van der Waals surface area contributed by atoms with Crippen LogP contribution in [0.5, 0.6) is 0 Å². The number of ether oxygens (including phenoxy) is 1. The Hall–Kier alpha value is -0.850. The van der Waals surface area contributed by atoms with Gasteiger partial charge in [0.1, 0.15) is 4.90 Å². The van der Waals surface area contributed by atoms with E-state index in [0.29, 0.717) is 0 Å². The monoisotopic (exact) mass is 286 g/mol. The zero-order valence-electron chi connectivity index (χ0n) is 7.83. The SMILES string of the molecule is COC(=O)c1cc(Cl)c(F)c(S(=O)(=O)Cl)c1. The molecule has 0 unspecified atom stereocenters. The number of halogens is 3. The minimum Gasteiger partial charge on any atom is -0.465 e. The smallest absolute Gasteiger partial charge is 0.337 e. The second kappa shape index (κ2) is 4.57. The van der Waals surface area contributed by atoms with Gasteiger partial charge in [-0.05, 0) is 12.1 Å². The molecule has 0 saturated carbocycles. The number of rotatable bonds is 2. The second-order valence-electron chi connectivity index (χ2n) is 2.70. The molecule has 1 rings (SSSR count). The fourth-order valence-electron chi connectivity index (χ4n) is 0.977. The van der Waals surface area contributed by atoms with Gasteiger partial charge in [0, 0.05) is 10.7 Å². The van der Waals surface area contributed by atoms with Gasteiger partial charge in [0.25, 0.3) is 9.05 Å². The van der Waals surface area contributed by atoms with Gasteiger partial charge >= 0.3 is 5.97 Å². The van der Waals surface area contributed by atoms with Gasteiger partial charge in [-0.15, -0.1) is 0 Å². The molecule has 88 valence electrons. The van der Waals surface area contributed by atoms with Crippen LogP contribution in [0.2, 0.25) is 5.02 Å². The Bertz CT molecular complexity index is 541. The van der Waals surface area contributed by atoms with Gasteiger partial charge in [-0.25, -0.2) is 17.6 Å². The number of hydrogen-bond acceptors (Lipinski definition) is 4. The summed E-state index contributed by atoms with van der Waals surface area (Å²) in [7, 11) is 1.75. The third kappa shape index (κ3) is 2.63. The standard InChI is InChI=1S/C8H5Cl2FO4S/c1-15-8(12)4-2-5(9)7(11)6(3-4)16(10,13)14/h2-3H,1H3. The van der Waals surface area contributed by atoms with Crippen LogP contribution in [0.25, 0.3) is 0 Å². The van der Waals surface area contributed by atoms with E-state index in [1.165, 1.54) is 0 Å². The largest absolute Gasteiger partial charge is 0.465 e. The highest BCUT2D eigenvalue weighted by molar-refractivity contribution is 8.13. The number of carbonyl (C=O) groups excluding carboxylic acids is 1. The molecule has 0 fully saturated rings. The van der Waals surface area contributed by atoms with Crippen molar-refractivity contribution >= 4 is 37.3 Å². The van der Waals surface area contributed by atoms with Crippen molar-refractivity contribution in [1.29, 1.82) is 0 Å². The van der Waals surface area contributed by atoms with Crippen molar-refractivity contribution in [3.8, 4) is 0 Å². The van der Waals surface area contributed by atoms with Crippen LogP contribution in [0.4, 0.5) is 4.39 Å². The lowest BCUT2D eigenvalue weighted by Gasteiger charge is -2.04. The molecular formula is C8H5Cl2FO4S. The number of carbonyl (C=O) groups is 1. The number of methoxy groups -OCH3 is 1. The van der Waals surface area contributed by atoms with Gasteiger partial charge in [0.05, 0.1) is 17.7 Å². The lowest BCUT2D eigenvalue weighted by molar-refractivity contribution is 0.0600. The number of esters is 1. The first kappa shape index (κ1) is 13.2. The molecule has 0 heterocycles. The molecule has 8 heteroatoms. The molecule has 0 aromatic heterocycles. The van der Waals surface area contributed by atoms with Gasteiger partial charge in [-0.3, -0.25) is 0 Å². The molecular weight excluding hydrogens is 282 g/mol. The van der Waals surface area contributed by atoms with Crippen LogP contribution in [-0.4, -0.2) is 21.5 Å². The van der Waals surface area contributed by atoms with Crippen molar-refractivity contribution in [3.05, 3.63) is 28.5 Å². The van der Waals surface area contributed by atoms with Crippen LogP contribution in [0, 0.1) is 5.82 Å². The van der Waals surface area contributed by atoms with Crippen LogP contribution < -0.4 is 0 Å². The second-order valence-corrected chi connectivity index (χ2v) is 5.64. The normalized spacial score (nSPS) is 11.2.